The van der Waals surface area contributed by atoms with Gasteiger partial charge in [-0.05, 0) is 127 Å². The Kier molecular flexibility index (Phi) is 35.8. The minimum absolute atomic E-state index is 0. The van der Waals surface area contributed by atoms with Crippen LogP contribution in [0, 0.1) is 17.5 Å². The van der Waals surface area contributed by atoms with Gasteiger partial charge in [0.15, 0.2) is 17.5 Å². The molecular formula is C70H101Cs2F3N12O21. The van der Waals surface area contributed by atoms with Crippen LogP contribution in [0.3, 0.4) is 0 Å². The number of nitrogens with two attached hydrogens (primary N) is 1. The van der Waals surface area contributed by atoms with E-state index in [-0.39, 0.29) is 237 Å². The number of carbonyl (C=O) groups excluding carboxylic acids is 7. The summed E-state index contributed by atoms with van der Waals surface area (Å²) in [6, 6.07) is 1.34. The number of carbonyl (C=O) groups is 7. The third-order valence-corrected chi connectivity index (χ3v) is 17.4. The number of cyclic esters (lactones) is 2. The van der Waals surface area contributed by atoms with Gasteiger partial charge in [-0.2, -0.15) is 0 Å². The molecule has 1 aromatic carbocycles. The summed E-state index contributed by atoms with van der Waals surface area (Å²) >= 11 is 0. The zero-order valence-electron chi connectivity index (χ0n) is 66.2. The van der Waals surface area contributed by atoms with Gasteiger partial charge in [-0.1, -0.05) is 41.4 Å². The van der Waals surface area contributed by atoms with E-state index >= 15 is 0 Å². The number of aliphatic hydroxyl groups excluding tert-OH is 1. The summed E-state index contributed by atoms with van der Waals surface area (Å²) in [5.41, 5.74) is 10.2. The van der Waals surface area contributed by atoms with Crippen molar-refractivity contribution in [2.75, 3.05) is 60.8 Å². The summed E-state index contributed by atoms with van der Waals surface area (Å²) in [6.45, 7) is 33.9. The van der Waals surface area contributed by atoms with E-state index in [1.807, 2.05) is 111 Å². The maximum atomic E-state index is 13.5. The van der Waals surface area contributed by atoms with Crippen molar-refractivity contribution in [1.29, 1.82) is 0 Å². The van der Waals surface area contributed by atoms with Gasteiger partial charge in [-0.25, -0.2) is 46.9 Å². The maximum Gasteiger partial charge on any atom is 1.00 e. The normalized spacial score (nSPS) is 20.5. The van der Waals surface area contributed by atoms with Crippen molar-refractivity contribution in [2.45, 2.75) is 254 Å². The van der Waals surface area contributed by atoms with Crippen LogP contribution in [0.2, 0.25) is 0 Å². The Bertz CT molecular complexity index is 3820. The number of methoxy groups -OCH3 is 1. The minimum Gasteiger partial charge on any atom is -1.00 e. The van der Waals surface area contributed by atoms with Crippen molar-refractivity contribution in [2.24, 2.45) is 0 Å². The Labute approximate surface area is 744 Å². The number of anilines is 4. The van der Waals surface area contributed by atoms with Gasteiger partial charge in [-0.3, -0.25) is 9.59 Å². The zero-order valence-corrected chi connectivity index (χ0v) is 77.7. The second kappa shape index (κ2) is 41.5. The molecule has 4 N–H and O–H groups in total. The quantitative estimate of drug-likeness (QED) is 0.0379. The second-order valence-corrected chi connectivity index (χ2v) is 29.4. The van der Waals surface area contributed by atoms with E-state index in [1.165, 1.54) is 14.7 Å². The molecule has 7 aliphatic rings. The summed E-state index contributed by atoms with van der Waals surface area (Å²) in [6.07, 6.45) is 1.52. The molecule has 590 valence electrons. The Morgan fingerprint density at radius 3 is 1.38 bits per heavy atom. The van der Waals surface area contributed by atoms with Gasteiger partial charge in [0, 0.05) is 63.5 Å². The van der Waals surface area contributed by atoms with Crippen LogP contribution in [0.25, 0.3) is 0 Å². The zero-order chi connectivity index (χ0) is 78.4. The third kappa shape index (κ3) is 26.1. The first-order chi connectivity index (χ1) is 49.8. The summed E-state index contributed by atoms with van der Waals surface area (Å²) in [5.74, 6) is -3.22. The first kappa shape index (κ1) is 93.3. The summed E-state index contributed by atoms with van der Waals surface area (Å²) < 4.78 is 97.7. The average molecular weight is 1770 g/mol. The predicted molar refractivity (Wildman–Crippen MR) is 369 cm³/mol. The standard InChI is InChI=1S/C20H20F3N3O4.C17H25N3O5.C16H27N3O4.C12H19N3O3.C4H8O2.CH2O3.2Cs.H/c1-3-12-8-26(20(28)29-12)19-13-9-25(10(2)4-16(13)24-30-19)17(27)7-11-5-14(21)18(23)15(22)6-11;1-6-11-8-20(15(21)23-11)14-12-9-19(16(22)24-17(3,4)5)10(2)7-13(12)18-25-14;1-6-11(20)8-17-14-12-9-19(15(21)22-16(3,4)5)10(2)7-13(12)18-23-14;1-7-5-9-8(10(13)18-14-9)6-15(7)11(16)17-12(2,3)4;1-5-2-4-3-6-4;2-1-4-3;;;/h5-6,10,12H,3-4,7-9H2,1-2H3;10-11H,6-9H2,1-5H3;10-11,17,20H,6-9H2,1-5H3;7H,5-6,13H2,1-4H3;4H,2-3H2,1H3;1,3H;;;/q;;;;;;2*+1;-1/p-1/t10-,12+;2*10-,11+;7-;4-;;;;/m00001..../s1. The number of epoxide rings is 1. The molecule has 0 saturated carbocycles. The molecule has 11 heterocycles. The number of nitrogens with zero attached hydrogens (tertiary/aromatic N) is 10. The molecule has 0 spiro atoms. The Morgan fingerprint density at radius 1 is 0.639 bits per heavy atom. The van der Waals surface area contributed by atoms with Crippen LogP contribution in [0.4, 0.5) is 60.7 Å². The molecule has 3 saturated heterocycles. The number of amides is 6. The van der Waals surface area contributed by atoms with Crippen LogP contribution in [0.1, 0.15) is 182 Å². The van der Waals surface area contributed by atoms with Crippen molar-refractivity contribution in [3.05, 3.63) is 80.2 Å². The topological polar surface area (TPSA) is 402 Å². The number of aliphatic hydroxyl groups is 1. The van der Waals surface area contributed by atoms with Gasteiger partial charge in [0.1, 0.15) is 35.1 Å². The number of benzene rings is 1. The monoisotopic (exact) mass is 1770 g/mol. The second-order valence-electron chi connectivity index (χ2n) is 29.4. The summed E-state index contributed by atoms with van der Waals surface area (Å²) in [7, 11) is 1.68. The van der Waals surface area contributed by atoms with Gasteiger partial charge >= 0.3 is 168 Å². The fourth-order valence-electron chi connectivity index (χ4n) is 11.6. The molecule has 6 amide bonds. The Morgan fingerprint density at radius 2 is 1.01 bits per heavy atom. The molecule has 3 fully saturated rings. The maximum absolute atomic E-state index is 13.5. The Balaban J connectivity index is 0.000000294. The fraction of sp³-hybridized carbons (Fsp3) is 0.643. The van der Waals surface area contributed by atoms with E-state index in [1.54, 1.807) is 21.8 Å². The first-order valence-electron chi connectivity index (χ1n) is 35.1. The number of hydrogen-bond acceptors (Lipinski definition) is 27. The van der Waals surface area contributed by atoms with Crippen molar-refractivity contribution in [3.63, 3.8) is 0 Å². The molecule has 0 radical (unpaired) electrons. The van der Waals surface area contributed by atoms with Gasteiger partial charge < -0.3 is 98.6 Å². The van der Waals surface area contributed by atoms with Crippen molar-refractivity contribution in [3.8, 4) is 0 Å². The Hall–Kier alpha value is -5.32. The van der Waals surface area contributed by atoms with Crippen LogP contribution in [-0.4, -0.2) is 194 Å². The van der Waals surface area contributed by atoms with E-state index in [0.717, 1.165) is 65.5 Å². The van der Waals surface area contributed by atoms with Crippen LogP contribution >= 0.6 is 0 Å². The molecule has 38 heteroatoms. The van der Waals surface area contributed by atoms with Crippen LogP contribution in [-0.2, 0) is 106 Å². The molecule has 5 aromatic rings. The molecule has 108 heavy (non-hydrogen) atoms. The minimum atomic E-state index is -1.57. The number of hydrogen-bond donors (Lipinski definition) is 3. The van der Waals surface area contributed by atoms with Crippen molar-refractivity contribution < 1.29 is 252 Å². The fourth-order valence-corrected chi connectivity index (χ4v) is 11.6. The van der Waals surface area contributed by atoms with E-state index in [0.29, 0.717) is 107 Å². The summed E-state index contributed by atoms with van der Waals surface area (Å²) in [4.78, 5) is 94.7. The van der Waals surface area contributed by atoms with Gasteiger partial charge in [0.05, 0.1) is 110 Å². The number of aromatic nitrogens is 4. The van der Waals surface area contributed by atoms with Gasteiger partial charge in [-0.15, -0.1) is 0 Å². The average Bonchev–Trinajstić information content (AvgIpc) is 1.65. The van der Waals surface area contributed by atoms with Crippen LogP contribution in [0.5, 0.6) is 0 Å². The third-order valence-electron chi connectivity index (χ3n) is 17.4. The molecule has 7 aliphatic heterocycles. The van der Waals surface area contributed by atoms with E-state index < -0.39 is 52.5 Å². The number of fused-ring (bicyclic) bond motifs is 4. The smallest absolute Gasteiger partial charge is 1.00 e. The SMILES string of the molecule is CC[C@@H](O)CNc1onc2c1CN(C(=O)OC(C)(C)C)[C@@H](C)C2.CC[C@@H]1CN(c2onc3c2CN(C(=O)Cc2cc(F)c(F)c(F)c2)[C@@H](C)C3)C(=O)O1.CC[C@@H]1CN(c2onc3c2CN(C(=O)OC(C)(C)C)[C@@H](C)C3)C(=O)O1.COC[C@@H]1CO1.C[C@H]1Cc2noc(N)c2CN1C(=O)OC(C)(C)C.O=CO[O-].[Cs+].[Cs+].[H-]. The van der Waals surface area contributed by atoms with Gasteiger partial charge in [0.2, 0.25) is 29.4 Å². The van der Waals surface area contributed by atoms with E-state index in [4.69, 9.17) is 67.0 Å². The van der Waals surface area contributed by atoms with Crippen molar-refractivity contribution >= 4 is 66.4 Å². The van der Waals surface area contributed by atoms with Crippen LogP contribution in [0.15, 0.2) is 30.2 Å². The largest absolute Gasteiger partial charge is 1.00 e. The number of rotatable bonds is 13. The molecule has 12 rings (SSSR count). The van der Waals surface area contributed by atoms with Crippen molar-refractivity contribution in [1.82, 2.24) is 40.2 Å². The van der Waals surface area contributed by atoms with Gasteiger partial charge in [0.25, 0.3) is 6.47 Å². The first-order valence-corrected chi connectivity index (χ1v) is 35.1. The van der Waals surface area contributed by atoms with E-state index in [9.17, 15) is 47.0 Å². The van der Waals surface area contributed by atoms with E-state index in [2.05, 4.69) is 30.8 Å². The number of nitrogen functional groups attached to an aromatic ring is 1. The van der Waals surface area contributed by atoms with Crippen LogP contribution < -0.4 is 164 Å². The summed E-state index contributed by atoms with van der Waals surface area (Å²) in [5, 5.41) is 37.3. The molecule has 0 unspecified atom stereocenters. The predicted octanol–water partition coefficient (Wildman–Crippen LogP) is 3.50. The number of nitrogens with one attached hydrogen (secondary N) is 1. The number of ether oxygens (including phenoxy) is 7. The molecule has 8 atom stereocenters. The molecular weight excluding hydrogens is 1670 g/mol. The number of halogens is 3. The molecule has 0 aliphatic carbocycles. The molecule has 33 nitrogen and oxygen atoms in total. The molecule has 0 bridgehead atoms. The molecule has 4 aromatic heterocycles.